The van der Waals surface area contributed by atoms with Gasteiger partial charge in [-0.25, -0.2) is 0 Å². The van der Waals surface area contributed by atoms with Gasteiger partial charge in [-0.05, 0) is 29.7 Å². The van der Waals surface area contributed by atoms with E-state index in [1.807, 2.05) is 12.1 Å². The third-order valence-electron chi connectivity index (χ3n) is 4.74. The molecule has 1 heterocycles. The molecule has 1 aliphatic heterocycles. The zero-order chi connectivity index (χ0) is 18.4. The minimum atomic E-state index is -1.89. The lowest BCUT2D eigenvalue weighted by molar-refractivity contribution is -0.135. The minimum absolute atomic E-state index is 0.285. The molecule has 0 unspecified atom stereocenters. The van der Waals surface area contributed by atoms with Crippen LogP contribution in [0.15, 0.2) is 42.5 Å². The van der Waals surface area contributed by atoms with Crippen molar-refractivity contribution >= 4 is 29.0 Å². The summed E-state index contributed by atoms with van der Waals surface area (Å²) in [5.41, 5.74) is 0.662. The van der Waals surface area contributed by atoms with Crippen LogP contribution in [0.4, 0.5) is 5.69 Å². The van der Waals surface area contributed by atoms with Gasteiger partial charge in [0.2, 0.25) is 0 Å². The van der Waals surface area contributed by atoms with Crippen LogP contribution in [0.25, 0.3) is 0 Å². The minimum Gasteiger partial charge on any atom is -0.375 e. The maximum atomic E-state index is 12.7. The highest BCUT2D eigenvalue weighted by Crippen LogP contribution is 2.43. The van der Waals surface area contributed by atoms with Crippen molar-refractivity contribution in [1.29, 1.82) is 0 Å². The smallest absolute Gasteiger partial charge is 0.263 e. The second-order valence-corrected chi connectivity index (χ2v) is 7.20. The maximum absolute atomic E-state index is 12.7. The van der Waals surface area contributed by atoms with Crippen LogP contribution in [0.5, 0.6) is 0 Å². The molecule has 3 rings (SSSR count). The van der Waals surface area contributed by atoms with Gasteiger partial charge in [-0.15, -0.1) is 0 Å². The number of nitrogens with zero attached hydrogens (tertiary/aromatic N) is 1. The first kappa shape index (κ1) is 17.6. The number of halogens is 1. The summed E-state index contributed by atoms with van der Waals surface area (Å²) in [7, 11) is 1.58. The second-order valence-electron chi connectivity index (χ2n) is 6.76. The molecule has 0 bridgehead atoms. The lowest BCUT2D eigenvalue weighted by Crippen LogP contribution is -2.40. The van der Waals surface area contributed by atoms with Crippen molar-refractivity contribution < 1.29 is 14.7 Å². The molecule has 5 heteroatoms. The van der Waals surface area contributed by atoms with Crippen molar-refractivity contribution in [2.24, 2.45) is 0 Å². The Hall–Kier alpha value is -2.17. The number of carbonyl (C=O) groups excluding carboxylic acids is 2. The highest BCUT2D eigenvalue weighted by molar-refractivity contribution is 6.31. The van der Waals surface area contributed by atoms with Crippen molar-refractivity contribution in [1.82, 2.24) is 0 Å². The Morgan fingerprint density at radius 1 is 1.20 bits per heavy atom. The summed E-state index contributed by atoms with van der Waals surface area (Å²) >= 11 is 6.02. The number of likely N-dealkylation sites (N-methyl/N-ethyl adjacent to an activating group) is 1. The Bertz CT molecular complexity index is 845. The standard InChI is InChI=1S/C20H20ClNO3/c1-12(2)13-4-6-14(7-5-13)18(23)11-20(25)16-10-15(21)8-9-17(16)22(3)19(20)24/h4-10,12,25H,11H2,1-3H3/t20-/m0/s1. The number of rotatable bonds is 4. The molecule has 1 amide bonds. The summed E-state index contributed by atoms with van der Waals surface area (Å²) in [6, 6.07) is 12.2. The molecule has 25 heavy (non-hydrogen) atoms. The van der Waals surface area contributed by atoms with Gasteiger partial charge < -0.3 is 10.0 Å². The Labute approximate surface area is 152 Å². The normalized spacial score (nSPS) is 19.4. The highest BCUT2D eigenvalue weighted by atomic mass is 35.5. The SMILES string of the molecule is CC(C)c1ccc(C(=O)C[C@@]2(O)C(=O)N(C)c3ccc(Cl)cc32)cc1. The van der Waals surface area contributed by atoms with Gasteiger partial charge in [-0.3, -0.25) is 9.59 Å². The first-order valence-electron chi connectivity index (χ1n) is 8.18. The van der Waals surface area contributed by atoms with Crippen LogP contribution in [0.2, 0.25) is 5.02 Å². The van der Waals surface area contributed by atoms with E-state index in [0.717, 1.165) is 5.56 Å². The van der Waals surface area contributed by atoms with Crippen molar-refractivity contribution in [3.05, 3.63) is 64.2 Å². The fraction of sp³-hybridized carbons (Fsp3) is 0.300. The number of carbonyl (C=O) groups is 2. The molecule has 1 N–H and O–H groups in total. The lowest BCUT2D eigenvalue weighted by Gasteiger charge is -2.21. The van der Waals surface area contributed by atoms with Crippen LogP contribution in [0, 0.1) is 0 Å². The largest absolute Gasteiger partial charge is 0.375 e. The number of benzene rings is 2. The zero-order valence-corrected chi connectivity index (χ0v) is 15.2. The van der Waals surface area contributed by atoms with Crippen LogP contribution in [-0.4, -0.2) is 23.8 Å². The predicted molar refractivity (Wildman–Crippen MR) is 98.2 cm³/mol. The van der Waals surface area contributed by atoms with Gasteiger partial charge in [0.05, 0.1) is 12.1 Å². The number of ketones is 1. The van der Waals surface area contributed by atoms with Crippen LogP contribution in [-0.2, 0) is 10.4 Å². The van der Waals surface area contributed by atoms with E-state index >= 15 is 0 Å². The van der Waals surface area contributed by atoms with Gasteiger partial charge in [0.15, 0.2) is 11.4 Å². The van der Waals surface area contributed by atoms with Gasteiger partial charge >= 0.3 is 0 Å². The van der Waals surface area contributed by atoms with Crippen LogP contribution in [0.1, 0.15) is 47.7 Å². The molecule has 130 valence electrons. The molecule has 1 atom stereocenters. The molecule has 0 fully saturated rings. The van der Waals surface area contributed by atoms with E-state index in [2.05, 4.69) is 13.8 Å². The fourth-order valence-corrected chi connectivity index (χ4v) is 3.37. The number of Topliss-reactive ketones (excluding diaryl/α,β-unsaturated/α-hetero) is 1. The number of fused-ring (bicyclic) bond motifs is 1. The van der Waals surface area contributed by atoms with Gasteiger partial charge in [-0.1, -0.05) is 49.7 Å². The van der Waals surface area contributed by atoms with E-state index in [1.54, 1.807) is 37.4 Å². The predicted octanol–water partition coefficient (Wildman–Crippen LogP) is 3.90. The summed E-state index contributed by atoms with van der Waals surface area (Å²) in [4.78, 5) is 26.6. The third kappa shape index (κ3) is 2.96. The van der Waals surface area contributed by atoms with Gasteiger partial charge in [0.25, 0.3) is 5.91 Å². The number of hydrogen-bond acceptors (Lipinski definition) is 3. The average Bonchev–Trinajstić information content (AvgIpc) is 2.76. The summed E-state index contributed by atoms with van der Waals surface area (Å²) in [5.74, 6) is -0.434. The Balaban J connectivity index is 1.93. The van der Waals surface area contributed by atoms with Gasteiger partial charge in [0.1, 0.15) is 0 Å². The average molecular weight is 358 g/mol. The van der Waals surface area contributed by atoms with Crippen molar-refractivity contribution in [2.45, 2.75) is 31.8 Å². The van der Waals surface area contributed by atoms with Crippen LogP contribution >= 0.6 is 11.6 Å². The highest BCUT2D eigenvalue weighted by Gasteiger charge is 2.49. The lowest BCUT2D eigenvalue weighted by atomic mass is 9.87. The molecule has 1 aliphatic rings. The van der Waals surface area contributed by atoms with Crippen molar-refractivity contribution in [3.8, 4) is 0 Å². The summed E-state index contributed by atoms with van der Waals surface area (Å²) < 4.78 is 0. The molecule has 0 radical (unpaired) electrons. The molecule has 0 spiro atoms. The van der Waals surface area contributed by atoms with E-state index in [9.17, 15) is 14.7 Å². The van der Waals surface area contributed by atoms with Crippen molar-refractivity contribution in [2.75, 3.05) is 11.9 Å². The Morgan fingerprint density at radius 3 is 2.44 bits per heavy atom. The third-order valence-corrected chi connectivity index (χ3v) is 4.97. The Morgan fingerprint density at radius 2 is 1.84 bits per heavy atom. The van der Waals surface area contributed by atoms with E-state index in [0.29, 0.717) is 27.8 Å². The van der Waals surface area contributed by atoms with Crippen LogP contribution in [0.3, 0.4) is 0 Å². The number of amides is 1. The maximum Gasteiger partial charge on any atom is 0.263 e. The van der Waals surface area contributed by atoms with E-state index in [4.69, 9.17) is 11.6 Å². The summed E-state index contributed by atoms with van der Waals surface area (Å²) in [6.07, 6.45) is -0.315. The van der Waals surface area contributed by atoms with Gasteiger partial charge in [0, 0.05) is 23.2 Å². The quantitative estimate of drug-likeness (QED) is 0.844. The molecule has 0 saturated heterocycles. The number of anilines is 1. The van der Waals surface area contributed by atoms with Gasteiger partial charge in [-0.2, -0.15) is 0 Å². The molecule has 2 aromatic rings. The van der Waals surface area contributed by atoms with E-state index in [1.165, 1.54) is 4.90 Å². The zero-order valence-electron chi connectivity index (χ0n) is 14.4. The van der Waals surface area contributed by atoms with E-state index < -0.39 is 11.5 Å². The fourth-order valence-electron chi connectivity index (χ4n) is 3.19. The molecule has 0 saturated carbocycles. The van der Waals surface area contributed by atoms with Crippen LogP contribution < -0.4 is 4.90 Å². The molecule has 4 nitrogen and oxygen atoms in total. The molecule has 2 aromatic carbocycles. The molecular weight excluding hydrogens is 338 g/mol. The van der Waals surface area contributed by atoms with Crippen molar-refractivity contribution in [3.63, 3.8) is 0 Å². The number of hydrogen-bond donors (Lipinski definition) is 1. The second kappa shape index (κ2) is 6.28. The Kier molecular flexibility index (Phi) is 4.43. The van der Waals surface area contributed by atoms with E-state index in [-0.39, 0.29) is 12.2 Å². The molecule has 0 aliphatic carbocycles. The first-order valence-corrected chi connectivity index (χ1v) is 8.55. The monoisotopic (exact) mass is 357 g/mol. The molecular formula is C20H20ClNO3. The summed E-state index contributed by atoms with van der Waals surface area (Å²) in [5, 5.41) is 11.4. The molecule has 0 aromatic heterocycles. The summed E-state index contributed by atoms with van der Waals surface area (Å²) in [6.45, 7) is 4.15. The first-order chi connectivity index (χ1) is 11.7. The topological polar surface area (TPSA) is 57.6 Å². The number of aliphatic hydroxyl groups is 1.